The molecule has 3 N–H and O–H groups in total. The van der Waals surface area contributed by atoms with Crippen LogP contribution in [0.15, 0.2) is 36.4 Å². The molecule has 0 radical (unpaired) electrons. The molecular formula is C30H50F2N2O2. The minimum absolute atomic E-state index is 0.125. The molecule has 206 valence electrons. The van der Waals surface area contributed by atoms with Crippen molar-refractivity contribution in [3.8, 4) is 0 Å². The molecule has 0 aliphatic rings. The minimum atomic E-state index is -0.917. The summed E-state index contributed by atoms with van der Waals surface area (Å²) < 4.78 is 27.0. The maximum atomic E-state index is 13.5. The Hall–Kier alpha value is -2.31. The SMILES string of the molecule is CC.CC.CC.CC(=O)N[C@@H](Cc1cc(F)cc(F)c1)[C@H](O)CNCc1cc(CC(C)C)ccc1C. The van der Waals surface area contributed by atoms with Crippen LogP contribution in [-0.4, -0.2) is 29.7 Å². The molecule has 2 aromatic rings. The molecule has 2 atom stereocenters. The number of nitrogens with one attached hydrogen (secondary N) is 2. The molecular weight excluding hydrogens is 458 g/mol. The molecule has 36 heavy (non-hydrogen) atoms. The summed E-state index contributed by atoms with van der Waals surface area (Å²) in [5, 5.41) is 16.5. The third-order valence-corrected chi connectivity index (χ3v) is 4.96. The van der Waals surface area contributed by atoms with Gasteiger partial charge in [0.05, 0.1) is 12.1 Å². The summed E-state index contributed by atoms with van der Waals surface area (Å²) in [5.74, 6) is -1.11. The van der Waals surface area contributed by atoms with Crippen molar-refractivity contribution in [2.45, 2.75) is 101 Å². The Morgan fingerprint density at radius 2 is 1.44 bits per heavy atom. The smallest absolute Gasteiger partial charge is 0.217 e. The molecule has 2 rings (SSSR count). The quantitative estimate of drug-likeness (QED) is 0.333. The van der Waals surface area contributed by atoms with E-state index in [4.69, 9.17) is 0 Å². The van der Waals surface area contributed by atoms with Crippen molar-refractivity contribution in [3.05, 3.63) is 70.3 Å². The first-order chi connectivity index (χ1) is 17.1. The lowest BCUT2D eigenvalue weighted by atomic mass is 9.98. The molecule has 6 heteroatoms. The fraction of sp³-hybridized carbons (Fsp3) is 0.567. The normalized spacial score (nSPS) is 11.6. The van der Waals surface area contributed by atoms with Gasteiger partial charge in [0.15, 0.2) is 0 Å². The van der Waals surface area contributed by atoms with Gasteiger partial charge in [-0.15, -0.1) is 0 Å². The first-order valence-corrected chi connectivity index (χ1v) is 13.3. The van der Waals surface area contributed by atoms with Crippen LogP contribution >= 0.6 is 0 Å². The molecule has 0 aliphatic heterocycles. The molecule has 0 bridgehead atoms. The Labute approximate surface area is 218 Å². The van der Waals surface area contributed by atoms with Gasteiger partial charge >= 0.3 is 0 Å². The molecule has 0 heterocycles. The number of aliphatic hydroxyl groups excluding tert-OH is 1. The number of halogens is 2. The van der Waals surface area contributed by atoms with Gasteiger partial charge in [-0.3, -0.25) is 4.79 Å². The standard InChI is InChI=1S/C24H32F2N2O2.3C2H6/c1-15(2)7-18-6-5-16(3)20(8-18)13-27-14-24(30)23(28-17(4)29)11-19-9-21(25)12-22(26)10-19;3*1-2/h5-6,8-10,12,15,23-24,27,30H,7,11,13-14H2,1-4H3,(H,28,29);3*1-2H3/t23-,24+;;;/m0.../s1. The van der Waals surface area contributed by atoms with E-state index >= 15 is 0 Å². The van der Waals surface area contributed by atoms with Crippen LogP contribution in [0.1, 0.15) is 84.6 Å². The van der Waals surface area contributed by atoms with Crippen LogP contribution in [0.5, 0.6) is 0 Å². The van der Waals surface area contributed by atoms with Gasteiger partial charge in [0.2, 0.25) is 5.91 Å². The van der Waals surface area contributed by atoms with E-state index in [2.05, 4.69) is 42.7 Å². The van der Waals surface area contributed by atoms with Gasteiger partial charge in [-0.25, -0.2) is 8.78 Å². The molecule has 4 nitrogen and oxygen atoms in total. The predicted molar refractivity (Wildman–Crippen MR) is 149 cm³/mol. The summed E-state index contributed by atoms with van der Waals surface area (Å²) in [6.45, 7) is 20.6. The van der Waals surface area contributed by atoms with E-state index in [1.54, 1.807) is 0 Å². The number of aryl methyl sites for hydroxylation is 1. The first kappa shape index (κ1) is 35.8. The average molecular weight is 509 g/mol. The number of hydrogen-bond acceptors (Lipinski definition) is 3. The number of carbonyl (C=O) groups excluding carboxylic acids is 1. The zero-order valence-corrected chi connectivity index (χ0v) is 24.1. The molecule has 1 amide bonds. The molecule has 0 unspecified atom stereocenters. The van der Waals surface area contributed by atoms with Crippen molar-refractivity contribution >= 4 is 5.91 Å². The van der Waals surface area contributed by atoms with Gasteiger partial charge in [0, 0.05) is 26.1 Å². The lowest BCUT2D eigenvalue weighted by Gasteiger charge is -2.24. The number of aliphatic hydroxyl groups is 1. The summed E-state index contributed by atoms with van der Waals surface area (Å²) in [4.78, 5) is 11.6. The average Bonchev–Trinajstić information content (AvgIpc) is 2.83. The summed E-state index contributed by atoms with van der Waals surface area (Å²) in [5.41, 5.74) is 3.97. The molecule has 2 aromatic carbocycles. The topological polar surface area (TPSA) is 61.4 Å². The van der Waals surface area contributed by atoms with Crippen molar-refractivity contribution in [3.63, 3.8) is 0 Å². The molecule has 0 fully saturated rings. The Morgan fingerprint density at radius 3 is 1.94 bits per heavy atom. The van der Waals surface area contributed by atoms with Crippen LogP contribution in [0.3, 0.4) is 0 Å². The van der Waals surface area contributed by atoms with Crippen molar-refractivity contribution < 1.29 is 18.7 Å². The van der Waals surface area contributed by atoms with Gasteiger partial charge in [-0.05, 0) is 60.1 Å². The lowest BCUT2D eigenvalue weighted by Crippen LogP contribution is -2.48. The lowest BCUT2D eigenvalue weighted by molar-refractivity contribution is -0.120. The highest BCUT2D eigenvalue weighted by Gasteiger charge is 2.21. The third-order valence-electron chi connectivity index (χ3n) is 4.96. The highest BCUT2D eigenvalue weighted by atomic mass is 19.1. The van der Waals surface area contributed by atoms with E-state index < -0.39 is 23.8 Å². The summed E-state index contributed by atoms with van der Waals surface area (Å²) in [6, 6.07) is 8.97. The maximum absolute atomic E-state index is 13.5. The van der Waals surface area contributed by atoms with Crippen molar-refractivity contribution in [1.82, 2.24) is 10.6 Å². The van der Waals surface area contributed by atoms with Gasteiger partial charge in [0.1, 0.15) is 11.6 Å². The van der Waals surface area contributed by atoms with E-state index in [0.717, 1.165) is 23.6 Å². The van der Waals surface area contributed by atoms with Crippen molar-refractivity contribution in [2.75, 3.05) is 6.54 Å². The van der Waals surface area contributed by atoms with Crippen LogP contribution in [0.4, 0.5) is 8.78 Å². The van der Waals surface area contributed by atoms with Gasteiger partial charge in [-0.2, -0.15) is 0 Å². The van der Waals surface area contributed by atoms with Gasteiger partial charge in [0.25, 0.3) is 0 Å². The van der Waals surface area contributed by atoms with Crippen molar-refractivity contribution in [2.24, 2.45) is 5.92 Å². The van der Waals surface area contributed by atoms with Gasteiger partial charge < -0.3 is 15.7 Å². The summed E-state index contributed by atoms with van der Waals surface area (Å²) >= 11 is 0. The van der Waals surface area contributed by atoms with Gasteiger partial charge in [-0.1, -0.05) is 73.6 Å². The Balaban J connectivity index is 0. The van der Waals surface area contributed by atoms with Crippen LogP contribution < -0.4 is 10.6 Å². The van der Waals surface area contributed by atoms with Crippen LogP contribution in [-0.2, 0) is 24.2 Å². The van der Waals surface area contributed by atoms with E-state index in [9.17, 15) is 18.7 Å². The Morgan fingerprint density at radius 1 is 0.889 bits per heavy atom. The second-order valence-electron chi connectivity index (χ2n) is 8.35. The van der Waals surface area contributed by atoms with E-state index in [1.807, 2.05) is 48.5 Å². The molecule has 0 saturated carbocycles. The van der Waals surface area contributed by atoms with E-state index in [1.165, 1.54) is 24.6 Å². The Kier molecular flexibility index (Phi) is 20.8. The van der Waals surface area contributed by atoms with E-state index in [0.29, 0.717) is 18.0 Å². The summed E-state index contributed by atoms with van der Waals surface area (Å²) in [7, 11) is 0. The number of benzene rings is 2. The number of rotatable bonds is 10. The predicted octanol–water partition coefficient (Wildman–Crippen LogP) is 6.75. The van der Waals surface area contributed by atoms with Crippen LogP contribution in [0, 0.1) is 24.5 Å². The highest BCUT2D eigenvalue weighted by molar-refractivity contribution is 5.73. The molecule has 0 saturated heterocycles. The largest absolute Gasteiger partial charge is 0.390 e. The zero-order valence-electron chi connectivity index (χ0n) is 24.1. The molecule has 0 aromatic heterocycles. The molecule has 0 aliphatic carbocycles. The number of amides is 1. The van der Waals surface area contributed by atoms with Crippen LogP contribution in [0.25, 0.3) is 0 Å². The van der Waals surface area contributed by atoms with Crippen LogP contribution in [0.2, 0.25) is 0 Å². The Bertz CT molecular complexity index is 837. The zero-order chi connectivity index (χ0) is 28.3. The van der Waals surface area contributed by atoms with Crippen molar-refractivity contribution in [1.29, 1.82) is 0 Å². The van der Waals surface area contributed by atoms with E-state index in [-0.39, 0.29) is 18.9 Å². The monoisotopic (exact) mass is 508 g/mol. The maximum Gasteiger partial charge on any atom is 0.217 e. The second kappa shape index (κ2) is 20.8. The second-order valence-corrected chi connectivity index (χ2v) is 8.35. The number of carbonyl (C=O) groups is 1. The minimum Gasteiger partial charge on any atom is -0.390 e. The third kappa shape index (κ3) is 14.9. The highest BCUT2D eigenvalue weighted by Crippen LogP contribution is 2.15. The molecule has 0 spiro atoms. The number of hydrogen-bond donors (Lipinski definition) is 3. The fourth-order valence-electron chi connectivity index (χ4n) is 3.54. The fourth-order valence-corrected chi connectivity index (χ4v) is 3.54. The first-order valence-electron chi connectivity index (χ1n) is 13.3. The summed E-state index contributed by atoms with van der Waals surface area (Å²) in [6.07, 6.45) is 0.212.